The molecule has 8 nitrogen and oxygen atoms in total. The highest BCUT2D eigenvalue weighted by Crippen LogP contribution is 2.37. The molecule has 0 saturated carbocycles. The molecule has 3 aromatic rings. The number of nitrogens with zero attached hydrogens (tertiary/aromatic N) is 5. The number of aromatic nitrogens is 4. The van der Waals surface area contributed by atoms with Crippen LogP contribution in [0.5, 0.6) is 0 Å². The van der Waals surface area contributed by atoms with Crippen molar-refractivity contribution in [2.45, 2.75) is 25.1 Å². The molecule has 3 heterocycles. The van der Waals surface area contributed by atoms with Crippen LogP contribution in [0, 0.1) is 5.82 Å². The quantitative estimate of drug-likeness (QED) is 0.471. The largest absolute Gasteiger partial charge is 0.420 e. The van der Waals surface area contributed by atoms with Crippen LogP contribution in [0.1, 0.15) is 18.4 Å². The summed E-state index contributed by atoms with van der Waals surface area (Å²) in [4.78, 5) is 12.0. The molecule has 1 saturated heterocycles. The van der Waals surface area contributed by atoms with E-state index in [1.54, 1.807) is 6.07 Å². The first-order valence-corrected chi connectivity index (χ1v) is 12.7. The van der Waals surface area contributed by atoms with Gasteiger partial charge in [-0.2, -0.15) is 13.2 Å². The smallest absolute Gasteiger partial charge is 0.351 e. The van der Waals surface area contributed by atoms with E-state index < -0.39 is 33.3 Å². The molecule has 1 aromatic carbocycles. The van der Waals surface area contributed by atoms with Crippen molar-refractivity contribution >= 4 is 31.9 Å². The van der Waals surface area contributed by atoms with E-state index in [2.05, 4.69) is 36.2 Å². The molecule has 0 bridgehead atoms. The maximum Gasteiger partial charge on any atom is 0.420 e. The summed E-state index contributed by atoms with van der Waals surface area (Å²) in [5.74, 6) is -0.619. The number of hydrogen-bond acceptors (Lipinski definition) is 6. The number of anilines is 1. The van der Waals surface area contributed by atoms with E-state index in [1.807, 2.05) is 0 Å². The van der Waals surface area contributed by atoms with Crippen molar-refractivity contribution < 1.29 is 26.0 Å². The second kappa shape index (κ2) is 9.23. The second-order valence-electron chi connectivity index (χ2n) is 7.75. The summed E-state index contributed by atoms with van der Waals surface area (Å²) in [6, 6.07) is 5.56. The molecule has 0 radical (unpaired) electrons. The summed E-state index contributed by atoms with van der Waals surface area (Å²) in [5.41, 5.74) is -1.57. The van der Waals surface area contributed by atoms with E-state index in [1.165, 1.54) is 33.3 Å². The predicted octanol–water partition coefficient (Wildman–Crippen LogP) is 4.09. The van der Waals surface area contributed by atoms with Crippen molar-refractivity contribution in [1.29, 1.82) is 0 Å². The normalized spacial score (nSPS) is 16.1. The van der Waals surface area contributed by atoms with Gasteiger partial charge in [-0.05, 0) is 40.9 Å². The van der Waals surface area contributed by atoms with Crippen LogP contribution < -0.4 is 5.32 Å². The van der Waals surface area contributed by atoms with Gasteiger partial charge in [0, 0.05) is 31.5 Å². The van der Waals surface area contributed by atoms with Gasteiger partial charge in [-0.15, -0.1) is 0 Å². The lowest BCUT2D eigenvalue weighted by Gasteiger charge is -2.30. The first-order chi connectivity index (χ1) is 15.9. The Morgan fingerprint density at radius 1 is 1.15 bits per heavy atom. The van der Waals surface area contributed by atoms with Crippen LogP contribution in [-0.4, -0.2) is 57.6 Å². The molecule has 0 atom stereocenters. The lowest BCUT2D eigenvalue weighted by atomic mass is 10.1. The van der Waals surface area contributed by atoms with Gasteiger partial charge in [0.15, 0.2) is 4.73 Å². The van der Waals surface area contributed by atoms with Crippen LogP contribution in [0.25, 0.3) is 17.1 Å². The van der Waals surface area contributed by atoms with Crippen molar-refractivity contribution in [3.05, 3.63) is 52.8 Å². The topological polar surface area (TPSA) is 93.0 Å². The number of rotatable bonds is 5. The minimum absolute atomic E-state index is 0.0441. The highest BCUT2D eigenvalue weighted by molar-refractivity contribution is 9.10. The number of hydrogen-bond donors (Lipinski definition) is 1. The molecule has 14 heteroatoms. The molecular formula is C20H19BrF4N6O2S. The summed E-state index contributed by atoms with van der Waals surface area (Å²) in [6.45, 7) is 0.563. The standard InChI is InChI=1S/C20H19BrF4N6O2S/c1-34(32,33)30-8-6-12(7-9-30)27-19-26-10-13(20(23,24)25)17(29-19)15-11-31(18(21)28-15)16-5-3-2-4-14(16)22/h2-5,10-12H,6-9H2,1H3,(H,26,27,29). The molecule has 0 unspecified atom stereocenters. The number of imidazole rings is 1. The maximum atomic E-state index is 14.2. The van der Waals surface area contributed by atoms with E-state index in [0.717, 1.165) is 6.26 Å². The van der Waals surface area contributed by atoms with Crippen LogP contribution in [0.3, 0.4) is 0 Å². The summed E-state index contributed by atoms with van der Waals surface area (Å²) < 4.78 is 81.4. The van der Waals surface area contributed by atoms with Crippen LogP contribution in [-0.2, 0) is 16.2 Å². The van der Waals surface area contributed by atoms with Crippen LogP contribution in [0.15, 0.2) is 41.4 Å². The molecule has 1 N–H and O–H groups in total. The zero-order valence-corrected chi connectivity index (χ0v) is 20.1. The van der Waals surface area contributed by atoms with Gasteiger partial charge in [0.1, 0.15) is 22.8 Å². The number of piperidine rings is 1. The van der Waals surface area contributed by atoms with E-state index in [0.29, 0.717) is 19.0 Å². The van der Waals surface area contributed by atoms with Crippen molar-refractivity contribution in [1.82, 2.24) is 23.8 Å². The molecule has 1 aliphatic rings. The molecule has 0 spiro atoms. The zero-order chi connectivity index (χ0) is 24.7. The van der Waals surface area contributed by atoms with Gasteiger partial charge in [-0.3, -0.25) is 4.57 Å². The molecule has 1 fully saturated rings. The van der Waals surface area contributed by atoms with Gasteiger partial charge in [0.05, 0.1) is 11.9 Å². The summed E-state index contributed by atoms with van der Waals surface area (Å²) in [6.07, 6.45) is -0.797. The average Bonchev–Trinajstić information content (AvgIpc) is 3.14. The third-order valence-corrected chi connectivity index (χ3v) is 7.23. The Balaban J connectivity index is 1.66. The molecule has 4 rings (SSSR count). The van der Waals surface area contributed by atoms with Gasteiger partial charge in [0.2, 0.25) is 16.0 Å². The number of nitrogens with one attached hydrogen (secondary N) is 1. The van der Waals surface area contributed by atoms with Gasteiger partial charge < -0.3 is 5.32 Å². The number of para-hydroxylation sites is 1. The summed E-state index contributed by atoms with van der Waals surface area (Å²) in [5, 5.41) is 2.99. The van der Waals surface area contributed by atoms with Crippen LogP contribution in [0.4, 0.5) is 23.5 Å². The molecule has 2 aromatic heterocycles. The highest BCUT2D eigenvalue weighted by Gasteiger charge is 2.36. The zero-order valence-electron chi connectivity index (χ0n) is 17.7. The average molecular weight is 563 g/mol. The van der Waals surface area contributed by atoms with Gasteiger partial charge in [-0.25, -0.2) is 32.1 Å². The monoisotopic (exact) mass is 562 g/mol. The van der Waals surface area contributed by atoms with E-state index >= 15 is 0 Å². The third kappa shape index (κ3) is 5.23. The molecule has 0 aliphatic carbocycles. The van der Waals surface area contributed by atoms with Gasteiger partial charge in [-0.1, -0.05) is 12.1 Å². The Morgan fingerprint density at radius 2 is 1.82 bits per heavy atom. The van der Waals surface area contributed by atoms with Crippen molar-refractivity contribution in [2.24, 2.45) is 0 Å². The molecule has 0 amide bonds. The Bertz CT molecular complexity index is 1310. The van der Waals surface area contributed by atoms with Crippen molar-refractivity contribution in [2.75, 3.05) is 24.7 Å². The third-order valence-electron chi connectivity index (χ3n) is 5.37. The number of sulfonamides is 1. The Labute approximate surface area is 201 Å². The predicted molar refractivity (Wildman–Crippen MR) is 120 cm³/mol. The fraction of sp³-hybridized carbons (Fsp3) is 0.350. The Hall–Kier alpha value is -2.58. The van der Waals surface area contributed by atoms with Crippen LogP contribution in [0.2, 0.25) is 0 Å². The summed E-state index contributed by atoms with van der Waals surface area (Å²) in [7, 11) is -3.31. The fourth-order valence-corrected chi connectivity index (χ4v) is 5.01. The molecule has 1 aliphatic heterocycles. The lowest BCUT2D eigenvalue weighted by molar-refractivity contribution is -0.137. The van der Waals surface area contributed by atoms with Gasteiger partial charge >= 0.3 is 6.18 Å². The molecule has 34 heavy (non-hydrogen) atoms. The Morgan fingerprint density at radius 3 is 2.44 bits per heavy atom. The van der Waals surface area contributed by atoms with Gasteiger partial charge in [0.25, 0.3) is 0 Å². The van der Waals surface area contributed by atoms with E-state index in [4.69, 9.17) is 0 Å². The van der Waals surface area contributed by atoms with Crippen molar-refractivity contribution in [3.8, 4) is 17.1 Å². The first-order valence-electron chi connectivity index (χ1n) is 10.1. The van der Waals surface area contributed by atoms with Crippen LogP contribution >= 0.6 is 15.9 Å². The fourth-order valence-electron chi connectivity index (χ4n) is 3.66. The first kappa shape index (κ1) is 24.5. The highest BCUT2D eigenvalue weighted by atomic mass is 79.9. The molecular weight excluding hydrogens is 544 g/mol. The minimum Gasteiger partial charge on any atom is -0.351 e. The molecule has 182 valence electrons. The lowest BCUT2D eigenvalue weighted by Crippen LogP contribution is -2.42. The van der Waals surface area contributed by atoms with E-state index in [-0.39, 0.29) is 41.2 Å². The Kier molecular flexibility index (Phi) is 6.66. The summed E-state index contributed by atoms with van der Waals surface area (Å²) >= 11 is 3.17. The minimum atomic E-state index is -4.75. The van der Waals surface area contributed by atoms with E-state index in [9.17, 15) is 26.0 Å². The number of alkyl halides is 3. The number of halogens is 5. The maximum absolute atomic E-state index is 14.2. The number of benzene rings is 1. The van der Waals surface area contributed by atoms with Crippen molar-refractivity contribution in [3.63, 3.8) is 0 Å². The SMILES string of the molecule is CS(=O)(=O)N1CCC(Nc2ncc(C(F)(F)F)c(-c3cn(-c4ccccc4F)c(Br)n3)n2)CC1. The second-order valence-corrected chi connectivity index (χ2v) is 10.4.